The van der Waals surface area contributed by atoms with Crippen molar-refractivity contribution in [1.82, 2.24) is 4.90 Å². The molecule has 2 atom stereocenters. The molecule has 2 heterocycles. The second kappa shape index (κ2) is 5.44. The predicted octanol–water partition coefficient (Wildman–Crippen LogP) is 2.43. The molecule has 4 nitrogen and oxygen atoms in total. The minimum atomic E-state index is 0.129. The molecule has 108 valence electrons. The van der Waals surface area contributed by atoms with Crippen molar-refractivity contribution in [3.8, 4) is 0 Å². The van der Waals surface area contributed by atoms with Crippen molar-refractivity contribution in [1.29, 1.82) is 0 Å². The zero-order chi connectivity index (χ0) is 14.1. The van der Waals surface area contributed by atoms with E-state index < -0.39 is 0 Å². The van der Waals surface area contributed by atoms with Gasteiger partial charge in [-0.15, -0.1) is 0 Å². The molecule has 1 aromatic carbocycles. The molecule has 0 aromatic heterocycles. The van der Waals surface area contributed by atoms with Gasteiger partial charge in [-0.1, -0.05) is 11.6 Å². The number of rotatable bonds is 3. The topological polar surface area (TPSA) is 41.6 Å². The Labute approximate surface area is 120 Å². The van der Waals surface area contributed by atoms with Gasteiger partial charge in [0.25, 0.3) is 5.91 Å². The molecule has 0 radical (unpaired) electrons. The smallest absolute Gasteiger partial charge is 0.256 e. The average Bonchev–Trinajstić information content (AvgIpc) is 2.79. The summed E-state index contributed by atoms with van der Waals surface area (Å²) < 4.78 is 5.81. The number of likely N-dealkylation sites (tertiary alicyclic amines) is 1. The highest BCUT2D eigenvalue weighted by Crippen LogP contribution is 2.28. The van der Waals surface area contributed by atoms with E-state index in [0.29, 0.717) is 0 Å². The zero-order valence-corrected chi connectivity index (χ0v) is 12.2. The van der Waals surface area contributed by atoms with Gasteiger partial charge in [0.1, 0.15) is 0 Å². The highest BCUT2D eigenvalue weighted by Gasteiger charge is 2.36. The number of carbonyl (C=O) groups excluding carboxylic acids is 1. The Kier molecular flexibility index (Phi) is 3.66. The van der Waals surface area contributed by atoms with Crippen LogP contribution in [0, 0.1) is 6.92 Å². The van der Waals surface area contributed by atoms with Gasteiger partial charge in [-0.3, -0.25) is 4.79 Å². The number of hydrogen-bond donors (Lipinski definition) is 1. The molecular weight excluding hydrogens is 252 g/mol. The van der Waals surface area contributed by atoms with Gasteiger partial charge in [-0.2, -0.15) is 0 Å². The highest BCUT2D eigenvalue weighted by atomic mass is 16.5. The molecule has 4 heteroatoms. The van der Waals surface area contributed by atoms with E-state index in [1.165, 1.54) is 0 Å². The third-order valence-electron chi connectivity index (χ3n) is 4.10. The lowest BCUT2D eigenvalue weighted by Gasteiger charge is -2.32. The molecule has 1 amide bonds. The average molecular weight is 274 g/mol. The number of morpholine rings is 1. The first kappa shape index (κ1) is 13.4. The van der Waals surface area contributed by atoms with Crippen LogP contribution in [0.4, 0.5) is 5.69 Å². The first-order chi connectivity index (χ1) is 9.67. The molecule has 2 aliphatic heterocycles. The first-order valence-corrected chi connectivity index (χ1v) is 7.46. The number of ether oxygens (including phenoxy) is 1. The predicted molar refractivity (Wildman–Crippen MR) is 79.1 cm³/mol. The van der Waals surface area contributed by atoms with Crippen LogP contribution >= 0.6 is 0 Å². The van der Waals surface area contributed by atoms with E-state index in [0.717, 1.165) is 49.3 Å². The summed E-state index contributed by atoms with van der Waals surface area (Å²) in [6.07, 6.45) is 2.65. The van der Waals surface area contributed by atoms with Crippen molar-refractivity contribution in [3.63, 3.8) is 0 Å². The van der Waals surface area contributed by atoms with Gasteiger partial charge in [0.2, 0.25) is 0 Å². The van der Waals surface area contributed by atoms with Crippen LogP contribution in [0.2, 0.25) is 0 Å². The summed E-state index contributed by atoms with van der Waals surface area (Å²) in [5, 5.41) is 3.28. The molecule has 1 N–H and O–H groups in total. The fourth-order valence-electron chi connectivity index (χ4n) is 3.13. The van der Waals surface area contributed by atoms with Crippen molar-refractivity contribution in [3.05, 3.63) is 29.3 Å². The molecule has 2 unspecified atom stereocenters. The zero-order valence-electron chi connectivity index (χ0n) is 12.2. The Bertz CT molecular complexity index is 503. The second-order valence-corrected chi connectivity index (χ2v) is 5.75. The molecule has 0 saturated carbocycles. The quantitative estimate of drug-likeness (QED) is 0.920. The molecule has 2 aliphatic rings. The van der Waals surface area contributed by atoms with E-state index in [4.69, 9.17) is 4.74 Å². The van der Waals surface area contributed by atoms with Gasteiger partial charge in [-0.25, -0.2) is 0 Å². The van der Waals surface area contributed by atoms with Crippen LogP contribution in [0.5, 0.6) is 0 Å². The normalized spacial score (nSPS) is 24.8. The minimum Gasteiger partial charge on any atom is -0.385 e. The Morgan fingerprint density at radius 3 is 2.70 bits per heavy atom. The largest absolute Gasteiger partial charge is 0.385 e. The molecule has 0 aliphatic carbocycles. The molecule has 2 fully saturated rings. The highest BCUT2D eigenvalue weighted by molar-refractivity contribution is 6.00. The van der Waals surface area contributed by atoms with Crippen LogP contribution in [0.25, 0.3) is 0 Å². The fraction of sp³-hybridized carbons (Fsp3) is 0.562. The number of nitrogens with one attached hydrogen (secondary N) is 1. The first-order valence-electron chi connectivity index (χ1n) is 7.46. The number of aryl methyl sites for hydroxylation is 1. The molecule has 1 aromatic rings. The summed E-state index contributed by atoms with van der Waals surface area (Å²) in [6.45, 7) is 6.35. The van der Waals surface area contributed by atoms with Crippen LogP contribution < -0.4 is 5.32 Å². The number of hydrogen-bond acceptors (Lipinski definition) is 3. The summed E-state index contributed by atoms with van der Waals surface area (Å²) in [4.78, 5) is 14.8. The van der Waals surface area contributed by atoms with E-state index in [-0.39, 0.29) is 18.1 Å². The van der Waals surface area contributed by atoms with E-state index >= 15 is 0 Å². The van der Waals surface area contributed by atoms with Crippen LogP contribution in [0.15, 0.2) is 18.2 Å². The molecule has 0 spiro atoms. The number of nitrogens with zero attached hydrogens (tertiary/aromatic N) is 1. The van der Waals surface area contributed by atoms with E-state index in [2.05, 4.69) is 5.32 Å². The van der Waals surface area contributed by atoms with Crippen LogP contribution in [-0.4, -0.2) is 42.6 Å². The van der Waals surface area contributed by atoms with Gasteiger partial charge in [0.15, 0.2) is 0 Å². The van der Waals surface area contributed by atoms with Crippen LogP contribution in [0.1, 0.15) is 35.7 Å². The van der Waals surface area contributed by atoms with Gasteiger partial charge < -0.3 is 15.0 Å². The molecule has 2 saturated heterocycles. The lowest BCUT2D eigenvalue weighted by atomic mass is 10.1. The summed E-state index contributed by atoms with van der Waals surface area (Å²) in [5.41, 5.74) is 2.83. The molecule has 20 heavy (non-hydrogen) atoms. The van der Waals surface area contributed by atoms with Crippen molar-refractivity contribution >= 4 is 11.6 Å². The van der Waals surface area contributed by atoms with Crippen molar-refractivity contribution in [2.75, 3.05) is 25.0 Å². The van der Waals surface area contributed by atoms with Gasteiger partial charge in [0, 0.05) is 25.3 Å². The van der Waals surface area contributed by atoms with E-state index in [1.807, 2.05) is 36.9 Å². The van der Waals surface area contributed by atoms with E-state index in [1.54, 1.807) is 0 Å². The summed E-state index contributed by atoms with van der Waals surface area (Å²) in [5.74, 6) is 0.129. The number of fused-ring (bicyclic) bond motifs is 2. The van der Waals surface area contributed by atoms with Crippen molar-refractivity contribution < 1.29 is 9.53 Å². The lowest BCUT2D eigenvalue weighted by Crippen LogP contribution is -2.46. The maximum absolute atomic E-state index is 12.8. The van der Waals surface area contributed by atoms with Crippen molar-refractivity contribution in [2.45, 2.75) is 38.9 Å². The summed E-state index contributed by atoms with van der Waals surface area (Å²) in [6, 6.07) is 6.02. The standard InChI is InChI=1S/C16H22N2O2/c1-3-17-15-7-4-11(2)8-14(15)16(19)18-9-12-5-6-13(10-18)20-12/h4,7-8,12-13,17H,3,5-6,9-10H2,1-2H3. The fourth-order valence-corrected chi connectivity index (χ4v) is 3.13. The van der Waals surface area contributed by atoms with Crippen LogP contribution in [-0.2, 0) is 4.74 Å². The number of carbonyl (C=O) groups is 1. The number of benzene rings is 1. The summed E-state index contributed by atoms with van der Waals surface area (Å²) >= 11 is 0. The Morgan fingerprint density at radius 2 is 2.05 bits per heavy atom. The Morgan fingerprint density at radius 1 is 1.35 bits per heavy atom. The maximum atomic E-state index is 12.8. The van der Waals surface area contributed by atoms with Gasteiger partial charge in [-0.05, 0) is 38.8 Å². The maximum Gasteiger partial charge on any atom is 0.256 e. The third-order valence-corrected chi connectivity index (χ3v) is 4.10. The monoisotopic (exact) mass is 274 g/mol. The van der Waals surface area contributed by atoms with Crippen molar-refractivity contribution in [2.24, 2.45) is 0 Å². The minimum absolute atomic E-state index is 0.129. The van der Waals surface area contributed by atoms with E-state index in [9.17, 15) is 4.79 Å². The third kappa shape index (κ3) is 2.52. The molecule has 3 rings (SSSR count). The molecular formula is C16H22N2O2. The SMILES string of the molecule is CCNc1ccc(C)cc1C(=O)N1CC2CCC(C1)O2. The Hall–Kier alpha value is -1.55. The Balaban J connectivity index is 1.84. The number of anilines is 1. The van der Waals surface area contributed by atoms with Gasteiger partial charge >= 0.3 is 0 Å². The number of amides is 1. The van der Waals surface area contributed by atoms with Crippen LogP contribution in [0.3, 0.4) is 0 Å². The second-order valence-electron chi connectivity index (χ2n) is 5.75. The summed E-state index contributed by atoms with van der Waals surface area (Å²) in [7, 11) is 0. The lowest BCUT2D eigenvalue weighted by molar-refractivity contribution is -0.0303. The van der Waals surface area contributed by atoms with Gasteiger partial charge in [0.05, 0.1) is 17.8 Å². The molecule has 2 bridgehead atoms.